The van der Waals surface area contributed by atoms with Gasteiger partial charge in [0, 0.05) is 6.54 Å². The van der Waals surface area contributed by atoms with E-state index in [-0.39, 0.29) is 0 Å². The Morgan fingerprint density at radius 3 is 2.91 bits per heavy atom. The monoisotopic (exact) mass is 154 g/mol. The van der Waals surface area contributed by atoms with Crippen molar-refractivity contribution in [3.63, 3.8) is 0 Å². The van der Waals surface area contributed by atoms with Gasteiger partial charge in [-0.05, 0) is 18.8 Å². The molecule has 1 atom stereocenters. The van der Waals surface area contributed by atoms with Gasteiger partial charge in [0.2, 0.25) is 0 Å². The second kappa shape index (κ2) is 7.51. The molecule has 0 aromatic heterocycles. The fourth-order valence-electron chi connectivity index (χ4n) is 0.845. The smallest absolute Gasteiger partial charge is 0.0278 e. The van der Waals surface area contributed by atoms with Crippen LogP contribution < -0.4 is 11.3 Å². The Balaban J connectivity index is 3.33. The summed E-state index contributed by atoms with van der Waals surface area (Å²) in [6, 6.07) is 0. The van der Waals surface area contributed by atoms with Gasteiger partial charge in [0.15, 0.2) is 0 Å². The minimum Gasteiger partial charge on any atom is -0.271 e. The number of hydrazine groups is 1. The van der Waals surface area contributed by atoms with Crippen molar-refractivity contribution < 1.29 is 0 Å². The van der Waals surface area contributed by atoms with E-state index in [2.05, 4.69) is 25.0 Å². The predicted octanol–water partition coefficient (Wildman–Crippen LogP) is 1.61. The normalized spacial score (nSPS) is 13.6. The molecule has 64 valence electrons. The van der Waals surface area contributed by atoms with Crippen LogP contribution in [0, 0.1) is 5.92 Å². The predicted molar refractivity (Wildman–Crippen MR) is 49.9 cm³/mol. The molecule has 1 unspecified atom stereocenters. The second-order valence-electron chi connectivity index (χ2n) is 2.68. The van der Waals surface area contributed by atoms with E-state index in [0.717, 1.165) is 13.0 Å². The summed E-state index contributed by atoms with van der Waals surface area (Å²) in [5.41, 5.74) is 2.57. The lowest BCUT2D eigenvalue weighted by Crippen LogP contribution is -2.21. The van der Waals surface area contributed by atoms with Gasteiger partial charge in [-0.3, -0.25) is 11.3 Å². The molecule has 0 aliphatic carbocycles. The average Bonchev–Trinajstić information content (AvgIpc) is 2.01. The van der Waals surface area contributed by atoms with Crippen molar-refractivity contribution in [1.82, 2.24) is 5.43 Å². The van der Waals surface area contributed by atoms with Crippen molar-refractivity contribution in [2.75, 3.05) is 6.54 Å². The highest BCUT2D eigenvalue weighted by Gasteiger charge is 1.92. The third-order valence-corrected chi connectivity index (χ3v) is 1.53. The molecule has 0 aromatic carbocycles. The topological polar surface area (TPSA) is 38.0 Å². The summed E-state index contributed by atoms with van der Waals surface area (Å²) in [5.74, 6) is 5.72. The summed E-state index contributed by atoms with van der Waals surface area (Å²) >= 11 is 0. The first-order valence-electron chi connectivity index (χ1n) is 4.02. The molecule has 0 amide bonds. The zero-order valence-electron chi connectivity index (χ0n) is 7.22. The summed E-state index contributed by atoms with van der Waals surface area (Å²) < 4.78 is 0. The van der Waals surface area contributed by atoms with Crippen LogP contribution in [0.3, 0.4) is 0 Å². The lowest BCUT2D eigenvalue weighted by Gasteiger charge is -2.01. The van der Waals surface area contributed by atoms with Gasteiger partial charge in [0.1, 0.15) is 0 Å². The van der Waals surface area contributed by atoms with E-state index < -0.39 is 0 Å². The Morgan fingerprint density at radius 2 is 2.36 bits per heavy atom. The zero-order valence-corrected chi connectivity index (χ0v) is 7.22. The molecule has 0 saturated heterocycles. The molecule has 0 saturated carbocycles. The van der Waals surface area contributed by atoms with Crippen molar-refractivity contribution in [3.05, 3.63) is 24.8 Å². The molecule has 0 heterocycles. The van der Waals surface area contributed by atoms with Crippen molar-refractivity contribution in [2.24, 2.45) is 11.8 Å². The lowest BCUT2D eigenvalue weighted by atomic mass is 10.1. The molecule has 0 aromatic rings. The van der Waals surface area contributed by atoms with Gasteiger partial charge in [0.25, 0.3) is 0 Å². The van der Waals surface area contributed by atoms with Crippen molar-refractivity contribution in [1.29, 1.82) is 0 Å². The van der Waals surface area contributed by atoms with Crippen molar-refractivity contribution in [3.8, 4) is 0 Å². The van der Waals surface area contributed by atoms with E-state index in [4.69, 9.17) is 5.84 Å². The Morgan fingerprint density at radius 1 is 1.64 bits per heavy atom. The molecule has 3 N–H and O–H groups in total. The van der Waals surface area contributed by atoms with Gasteiger partial charge < -0.3 is 0 Å². The highest BCUT2D eigenvalue weighted by Crippen LogP contribution is 2.06. The van der Waals surface area contributed by atoms with E-state index in [1.54, 1.807) is 0 Å². The van der Waals surface area contributed by atoms with Crippen LogP contribution in [0.2, 0.25) is 0 Å². The second-order valence-corrected chi connectivity index (χ2v) is 2.68. The van der Waals surface area contributed by atoms with Crippen molar-refractivity contribution in [2.45, 2.75) is 19.8 Å². The summed E-state index contributed by atoms with van der Waals surface area (Å²) in [6.45, 7) is 6.61. The van der Waals surface area contributed by atoms with Gasteiger partial charge in [-0.1, -0.05) is 25.2 Å². The van der Waals surface area contributed by atoms with Crippen LogP contribution in [0.5, 0.6) is 0 Å². The van der Waals surface area contributed by atoms with Gasteiger partial charge in [0.05, 0.1) is 0 Å². The van der Waals surface area contributed by atoms with Gasteiger partial charge in [-0.25, -0.2) is 0 Å². The molecule has 2 nitrogen and oxygen atoms in total. The third-order valence-electron chi connectivity index (χ3n) is 1.53. The molecule has 0 fully saturated rings. The number of nitrogens with one attached hydrogen (secondary N) is 1. The van der Waals surface area contributed by atoms with Crippen LogP contribution in [0.25, 0.3) is 0 Å². The van der Waals surface area contributed by atoms with E-state index in [1.807, 2.05) is 12.2 Å². The maximum absolute atomic E-state index is 5.10. The molecule has 0 aliphatic rings. The molecule has 0 aliphatic heterocycles. The largest absolute Gasteiger partial charge is 0.271 e. The number of allylic oxidation sites excluding steroid dienone is 2. The summed E-state index contributed by atoms with van der Waals surface area (Å²) in [4.78, 5) is 0. The van der Waals surface area contributed by atoms with Crippen LogP contribution in [-0.2, 0) is 0 Å². The standard InChI is InChI=1S/C9H18N2/c1-3-4-6-9(2)7-5-8-11-10/h3,5,7,9,11H,1,4,6,8,10H2,2H3. The first-order chi connectivity index (χ1) is 5.31. The van der Waals surface area contributed by atoms with E-state index in [0.29, 0.717) is 5.92 Å². The van der Waals surface area contributed by atoms with Crippen LogP contribution in [0.4, 0.5) is 0 Å². The van der Waals surface area contributed by atoms with E-state index in [9.17, 15) is 0 Å². The number of hydrogen-bond donors (Lipinski definition) is 2. The van der Waals surface area contributed by atoms with Gasteiger partial charge >= 0.3 is 0 Å². The molecule has 2 heteroatoms. The van der Waals surface area contributed by atoms with E-state index in [1.165, 1.54) is 6.42 Å². The zero-order chi connectivity index (χ0) is 8.53. The Kier molecular flexibility index (Phi) is 7.10. The van der Waals surface area contributed by atoms with Gasteiger partial charge in [-0.2, -0.15) is 0 Å². The molecule has 0 bridgehead atoms. The average molecular weight is 154 g/mol. The summed E-state index contributed by atoms with van der Waals surface area (Å²) in [6.07, 6.45) is 8.43. The SMILES string of the molecule is C=CCCC(C)C=CCNN. The lowest BCUT2D eigenvalue weighted by molar-refractivity contribution is 0.654. The maximum Gasteiger partial charge on any atom is 0.0278 e. The molecule has 0 rings (SSSR count). The Labute approximate surface area is 69.1 Å². The van der Waals surface area contributed by atoms with Gasteiger partial charge in [-0.15, -0.1) is 6.58 Å². The van der Waals surface area contributed by atoms with Crippen LogP contribution in [0.15, 0.2) is 24.8 Å². The molecule has 0 radical (unpaired) electrons. The van der Waals surface area contributed by atoms with Crippen LogP contribution >= 0.6 is 0 Å². The van der Waals surface area contributed by atoms with Crippen molar-refractivity contribution >= 4 is 0 Å². The molecular formula is C9H18N2. The first kappa shape index (κ1) is 10.4. The van der Waals surface area contributed by atoms with Crippen LogP contribution in [0.1, 0.15) is 19.8 Å². The maximum atomic E-state index is 5.10. The molecular weight excluding hydrogens is 136 g/mol. The number of hydrogen-bond acceptors (Lipinski definition) is 2. The van der Waals surface area contributed by atoms with E-state index >= 15 is 0 Å². The highest BCUT2D eigenvalue weighted by atomic mass is 15.2. The summed E-state index contributed by atoms with van der Waals surface area (Å²) in [7, 11) is 0. The Hall–Kier alpha value is -0.600. The number of nitrogens with two attached hydrogens (primary N) is 1. The summed E-state index contributed by atoms with van der Waals surface area (Å²) in [5, 5.41) is 0. The highest BCUT2D eigenvalue weighted by molar-refractivity contribution is 4.88. The molecule has 0 spiro atoms. The first-order valence-corrected chi connectivity index (χ1v) is 4.02. The molecule has 11 heavy (non-hydrogen) atoms. The minimum atomic E-state index is 0.626. The quantitative estimate of drug-likeness (QED) is 0.346. The van der Waals surface area contributed by atoms with Crippen LogP contribution in [-0.4, -0.2) is 6.54 Å². The number of rotatable bonds is 6. The fourth-order valence-corrected chi connectivity index (χ4v) is 0.845. The Bertz CT molecular complexity index is 119. The third kappa shape index (κ3) is 7.30. The fraction of sp³-hybridized carbons (Fsp3) is 0.556. The minimum absolute atomic E-state index is 0.626.